The van der Waals surface area contributed by atoms with Crippen molar-refractivity contribution in [1.82, 2.24) is 20.2 Å². The van der Waals surface area contributed by atoms with Gasteiger partial charge in [0, 0.05) is 66.7 Å². The fourth-order valence-corrected chi connectivity index (χ4v) is 7.98. The molecule has 0 aliphatic carbocycles. The zero-order chi connectivity index (χ0) is 29.3. The average molecular weight is 584 g/mol. The lowest BCUT2D eigenvalue weighted by atomic mass is 9.95. The number of fused-ring (bicyclic) bond motifs is 5. The van der Waals surface area contributed by atoms with E-state index in [9.17, 15) is 8.78 Å². The minimum Gasteiger partial charge on any atom is -0.476 e. The van der Waals surface area contributed by atoms with Crippen molar-refractivity contribution in [1.29, 1.82) is 0 Å². The maximum absolute atomic E-state index is 16.7. The first-order valence-corrected chi connectivity index (χ1v) is 15.1. The summed E-state index contributed by atoms with van der Waals surface area (Å²) in [5, 5.41) is 5.37. The number of nitrogens with zero attached hydrogens (tertiary/aromatic N) is 4. The number of hydrogen-bond acceptors (Lipinski definition) is 6. The molecule has 9 heteroatoms. The molecule has 220 valence electrons. The number of terminal acetylenes is 1. The van der Waals surface area contributed by atoms with Gasteiger partial charge in [0.1, 0.15) is 29.8 Å². The van der Waals surface area contributed by atoms with E-state index in [1.807, 2.05) is 12.1 Å². The molecule has 1 N–H and O–H groups in total. The van der Waals surface area contributed by atoms with Crippen LogP contribution in [0.15, 0.2) is 42.6 Å². The molecule has 2 bridgehead atoms. The summed E-state index contributed by atoms with van der Waals surface area (Å²) < 4.78 is 52.2. The molecule has 4 aliphatic rings. The van der Waals surface area contributed by atoms with Gasteiger partial charge in [-0.05, 0) is 43.7 Å². The molecule has 6 nitrogen and oxygen atoms in total. The van der Waals surface area contributed by atoms with E-state index in [-0.39, 0.29) is 22.3 Å². The van der Waals surface area contributed by atoms with E-state index in [0.29, 0.717) is 59.3 Å². The minimum atomic E-state index is -0.871. The summed E-state index contributed by atoms with van der Waals surface area (Å²) in [6, 6.07) is 10.9. The van der Waals surface area contributed by atoms with E-state index in [1.165, 1.54) is 6.07 Å². The Bertz CT molecular complexity index is 1800. The van der Waals surface area contributed by atoms with Gasteiger partial charge in [-0.15, -0.1) is 6.42 Å². The number of ether oxygens (including phenoxy) is 1. The van der Waals surface area contributed by atoms with Crippen LogP contribution >= 0.6 is 0 Å². The second-order valence-electron chi connectivity index (χ2n) is 12.5. The summed E-state index contributed by atoms with van der Waals surface area (Å²) in [6.07, 6.45) is 11.0. The number of aromatic nitrogens is 2. The normalized spacial score (nSPS) is 26.7. The van der Waals surface area contributed by atoms with Crippen LogP contribution in [-0.2, 0) is 0 Å². The first-order valence-electron chi connectivity index (χ1n) is 15.1. The predicted octanol–water partition coefficient (Wildman–Crippen LogP) is 5.61. The Hall–Kier alpha value is -3.87. The van der Waals surface area contributed by atoms with Crippen molar-refractivity contribution in [3.05, 3.63) is 59.8 Å². The van der Waals surface area contributed by atoms with Gasteiger partial charge in [0.15, 0.2) is 5.82 Å². The van der Waals surface area contributed by atoms with Gasteiger partial charge in [-0.3, -0.25) is 9.88 Å². The first kappa shape index (κ1) is 26.7. The van der Waals surface area contributed by atoms with Crippen molar-refractivity contribution in [3.63, 3.8) is 0 Å². The Morgan fingerprint density at radius 2 is 1.95 bits per heavy atom. The van der Waals surface area contributed by atoms with Crippen LogP contribution in [0.1, 0.15) is 37.7 Å². The number of benzene rings is 2. The van der Waals surface area contributed by atoms with Gasteiger partial charge in [-0.2, -0.15) is 0 Å². The number of hydrogen-bond donors (Lipinski definition) is 1. The second-order valence-corrected chi connectivity index (χ2v) is 12.5. The molecule has 0 amide bonds. The smallest absolute Gasteiger partial charge is 0.216 e. The summed E-state index contributed by atoms with van der Waals surface area (Å²) in [4.78, 5) is 13.8. The predicted molar refractivity (Wildman–Crippen MR) is 161 cm³/mol. The van der Waals surface area contributed by atoms with Gasteiger partial charge in [-0.1, -0.05) is 30.2 Å². The molecule has 0 saturated carbocycles. The lowest BCUT2D eigenvalue weighted by Gasteiger charge is -2.35. The van der Waals surface area contributed by atoms with Crippen LogP contribution < -0.4 is 15.0 Å². The Morgan fingerprint density at radius 3 is 2.77 bits per heavy atom. The van der Waals surface area contributed by atoms with Gasteiger partial charge in [0.2, 0.25) is 5.88 Å². The van der Waals surface area contributed by atoms with Crippen LogP contribution in [0, 0.1) is 24.0 Å². The number of rotatable bonds is 5. The maximum Gasteiger partial charge on any atom is 0.216 e. The third-order valence-corrected chi connectivity index (χ3v) is 9.95. The molecular formula is C34H32F3N5O. The quantitative estimate of drug-likeness (QED) is 0.309. The van der Waals surface area contributed by atoms with E-state index in [0.717, 1.165) is 51.0 Å². The lowest BCUT2D eigenvalue weighted by molar-refractivity contribution is 0.111. The number of alkyl halides is 1. The molecule has 4 atom stereocenters. The molecule has 4 saturated heterocycles. The summed E-state index contributed by atoms with van der Waals surface area (Å²) >= 11 is 0. The first-order chi connectivity index (χ1) is 20.9. The molecule has 4 fully saturated rings. The molecule has 43 heavy (non-hydrogen) atoms. The van der Waals surface area contributed by atoms with Crippen molar-refractivity contribution in [2.75, 3.05) is 37.7 Å². The molecule has 0 unspecified atom stereocenters. The Labute approximate surface area is 248 Å². The Morgan fingerprint density at radius 1 is 1.12 bits per heavy atom. The molecule has 2 aromatic heterocycles. The number of anilines is 1. The molecule has 8 rings (SSSR count). The highest BCUT2D eigenvalue weighted by Gasteiger charge is 2.49. The van der Waals surface area contributed by atoms with Crippen molar-refractivity contribution in [3.8, 4) is 29.5 Å². The fraction of sp³-hybridized carbons (Fsp3) is 0.412. The van der Waals surface area contributed by atoms with E-state index in [4.69, 9.17) is 16.1 Å². The fourth-order valence-electron chi connectivity index (χ4n) is 7.98. The highest BCUT2D eigenvalue weighted by Crippen LogP contribution is 2.42. The molecule has 4 aliphatic heterocycles. The number of piperazine rings is 1. The van der Waals surface area contributed by atoms with Crippen LogP contribution in [0.3, 0.4) is 0 Å². The van der Waals surface area contributed by atoms with Crippen LogP contribution in [0.2, 0.25) is 0 Å². The largest absolute Gasteiger partial charge is 0.476 e. The van der Waals surface area contributed by atoms with Crippen LogP contribution in [0.4, 0.5) is 18.9 Å². The van der Waals surface area contributed by atoms with Crippen molar-refractivity contribution in [2.45, 2.75) is 55.9 Å². The number of pyridine rings is 2. The topological polar surface area (TPSA) is 53.5 Å². The third-order valence-electron chi connectivity index (χ3n) is 9.95. The molecule has 0 spiro atoms. The highest BCUT2D eigenvalue weighted by molar-refractivity contribution is 6.02. The molecule has 2 aromatic carbocycles. The number of halogens is 3. The van der Waals surface area contributed by atoms with Crippen LogP contribution in [-0.4, -0.2) is 71.4 Å². The van der Waals surface area contributed by atoms with Gasteiger partial charge in [0.25, 0.3) is 0 Å². The SMILES string of the molecule is C#Cc1c(F)ccc2cccc(-c3ncc4c(N5C[C@H]6CC[C@@H](C5)N6)cc(OC[C@@]56CCCN5C[C@H](F)C6)nc4c3F)c12. The number of nitrogens with one attached hydrogen (secondary N) is 1. The van der Waals surface area contributed by atoms with Crippen molar-refractivity contribution >= 4 is 27.4 Å². The van der Waals surface area contributed by atoms with Gasteiger partial charge >= 0.3 is 0 Å². The Balaban J connectivity index is 1.26. The molecule has 6 heterocycles. The molecule has 0 radical (unpaired) electrons. The summed E-state index contributed by atoms with van der Waals surface area (Å²) in [6.45, 7) is 3.16. The van der Waals surface area contributed by atoms with Crippen LogP contribution in [0.5, 0.6) is 5.88 Å². The van der Waals surface area contributed by atoms with Gasteiger partial charge in [-0.25, -0.2) is 18.2 Å². The highest BCUT2D eigenvalue weighted by atomic mass is 19.1. The van der Waals surface area contributed by atoms with Crippen molar-refractivity contribution < 1.29 is 17.9 Å². The molecular weight excluding hydrogens is 551 g/mol. The summed E-state index contributed by atoms with van der Waals surface area (Å²) in [7, 11) is 0. The summed E-state index contributed by atoms with van der Waals surface area (Å²) in [5.41, 5.74) is 1.12. The van der Waals surface area contributed by atoms with E-state index >= 15 is 4.39 Å². The van der Waals surface area contributed by atoms with Crippen LogP contribution in [0.25, 0.3) is 32.9 Å². The monoisotopic (exact) mass is 583 g/mol. The second kappa shape index (κ2) is 10.1. The maximum atomic E-state index is 16.7. The minimum absolute atomic E-state index is 0.0489. The van der Waals surface area contributed by atoms with Crippen molar-refractivity contribution in [2.24, 2.45) is 0 Å². The van der Waals surface area contributed by atoms with Gasteiger partial charge in [0.05, 0.1) is 16.8 Å². The zero-order valence-electron chi connectivity index (χ0n) is 23.8. The standard InChI is InChI=1S/C34H32F3N5O/c1-2-24-27(36)10-7-20-5-3-6-25(30(20)24)32-31(37)33-26(15-38-32)28(41-17-22-8-9-23(18-41)39-22)13-29(40-33)43-19-34-11-4-12-42(34)16-21(35)14-34/h1,3,5-7,10,13,15,21-23,39H,4,8-9,11-12,14,16-19H2/t21-,22-,23+,34+/m1/s1. The van der Waals surface area contributed by atoms with E-state index in [1.54, 1.807) is 24.4 Å². The average Bonchev–Trinajstić information content (AvgIpc) is 3.66. The third kappa shape index (κ3) is 4.34. The Kier molecular flexibility index (Phi) is 6.28. The van der Waals surface area contributed by atoms with Gasteiger partial charge < -0.3 is 15.0 Å². The molecule has 4 aromatic rings. The zero-order valence-corrected chi connectivity index (χ0v) is 23.8. The lowest BCUT2D eigenvalue weighted by Crippen LogP contribution is -2.51. The summed E-state index contributed by atoms with van der Waals surface area (Å²) in [5.74, 6) is 1.58. The van der Waals surface area contributed by atoms with E-state index < -0.39 is 17.8 Å². The van der Waals surface area contributed by atoms with E-state index in [2.05, 4.69) is 26.0 Å².